The van der Waals surface area contributed by atoms with Gasteiger partial charge in [0.2, 0.25) is 0 Å². The van der Waals surface area contributed by atoms with Crippen LogP contribution < -0.4 is 4.74 Å². The number of esters is 1. The largest absolute Gasteiger partial charge is 0.484 e. The molecule has 1 aliphatic heterocycles. The molecule has 1 atom stereocenters. The molecule has 21 heavy (non-hydrogen) atoms. The normalized spacial score (nSPS) is 18.2. The average molecular weight is 312 g/mol. The van der Waals surface area contributed by atoms with Gasteiger partial charge in [-0.15, -0.1) is 0 Å². The highest BCUT2D eigenvalue weighted by molar-refractivity contribution is 6.30. The van der Waals surface area contributed by atoms with Gasteiger partial charge in [-0.25, -0.2) is 0 Å². The minimum absolute atomic E-state index is 0.0461. The molecule has 1 heterocycles. The molecular weight excluding hydrogens is 294 g/mol. The summed E-state index contributed by atoms with van der Waals surface area (Å²) in [5, 5.41) is 0.616. The van der Waals surface area contributed by atoms with E-state index < -0.39 is 0 Å². The first kappa shape index (κ1) is 15.6. The summed E-state index contributed by atoms with van der Waals surface area (Å²) >= 11 is 5.78. The lowest BCUT2D eigenvalue weighted by molar-refractivity contribution is -0.149. The second-order valence-electron chi connectivity index (χ2n) is 4.94. The van der Waals surface area contributed by atoms with Crippen LogP contribution in [-0.2, 0) is 14.3 Å². The molecule has 0 aromatic heterocycles. The molecule has 0 radical (unpaired) electrons. The summed E-state index contributed by atoms with van der Waals surface area (Å²) in [4.78, 5) is 25.3. The Bertz CT molecular complexity index is 503. The van der Waals surface area contributed by atoms with Gasteiger partial charge in [-0.05, 0) is 37.1 Å². The van der Waals surface area contributed by atoms with Gasteiger partial charge >= 0.3 is 5.97 Å². The highest BCUT2D eigenvalue weighted by Gasteiger charge is 2.29. The third-order valence-corrected chi connectivity index (χ3v) is 3.74. The third-order valence-electron chi connectivity index (χ3n) is 3.48. The molecule has 1 fully saturated rings. The van der Waals surface area contributed by atoms with Gasteiger partial charge in [0.1, 0.15) is 5.75 Å². The maximum Gasteiger partial charge on any atom is 0.310 e. The Balaban J connectivity index is 1.85. The number of amides is 1. The van der Waals surface area contributed by atoms with Gasteiger partial charge in [0.05, 0.1) is 13.0 Å². The number of hydrogen-bond acceptors (Lipinski definition) is 4. The lowest BCUT2D eigenvalue weighted by Crippen LogP contribution is -2.44. The smallest absolute Gasteiger partial charge is 0.310 e. The fraction of sp³-hybridized carbons (Fsp3) is 0.467. The Hall–Kier alpha value is -1.75. The molecule has 5 nitrogen and oxygen atoms in total. The Morgan fingerprint density at radius 2 is 2.05 bits per heavy atom. The first-order chi connectivity index (χ1) is 10.1. The molecule has 1 saturated heterocycles. The third kappa shape index (κ3) is 4.36. The Morgan fingerprint density at radius 3 is 2.71 bits per heavy atom. The van der Waals surface area contributed by atoms with E-state index in [1.807, 2.05) is 0 Å². The van der Waals surface area contributed by atoms with Crippen LogP contribution >= 0.6 is 11.6 Å². The van der Waals surface area contributed by atoms with Crippen molar-refractivity contribution in [2.75, 3.05) is 26.8 Å². The molecule has 0 saturated carbocycles. The van der Waals surface area contributed by atoms with Crippen LogP contribution in [0, 0.1) is 5.92 Å². The highest BCUT2D eigenvalue weighted by Crippen LogP contribution is 2.19. The lowest BCUT2D eigenvalue weighted by atomic mass is 9.98. The number of rotatable bonds is 4. The maximum atomic E-state index is 12.1. The van der Waals surface area contributed by atoms with Crippen molar-refractivity contribution in [2.24, 2.45) is 5.92 Å². The van der Waals surface area contributed by atoms with Gasteiger partial charge in [0, 0.05) is 18.1 Å². The molecule has 0 spiro atoms. The van der Waals surface area contributed by atoms with Gasteiger partial charge in [-0.3, -0.25) is 9.59 Å². The number of likely N-dealkylation sites (tertiary alicyclic amines) is 1. The molecule has 1 aliphatic rings. The van der Waals surface area contributed by atoms with Crippen LogP contribution in [0.2, 0.25) is 5.02 Å². The SMILES string of the molecule is COC(=O)C1CCCN(C(=O)COc2ccc(Cl)cc2)C1. The summed E-state index contributed by atoms with van der Waals surface area (Å²) < 4.78 is 10.2. The summed E-state index contributed by atoms with van der Waals surface area (Å²) in [5.41, 5.74) is 0. The number of carbonyl (C=O) groups is 2. The van der Waals surface area contributed by atoms with E-state index in [9.17, 15) is 9.59 Å². The van der Waals surface area contributed by atoms with Gasteiger partial charge in [0.15, 0.2) is 6.61 Å². The Kier molecular flexibility index (Phi) is 5.44. The summed E-state index contributed by atoms with van der Waals surface area (Å²) in [6.07, 6.45) is 1.56. The van der Waals surface area contributed by atoms with Gasteiger partial charge < -0.3 is 14.4 Å². The second kappa shape index (κ2) is 7.31. The van der Waals surface area contributed by atoms with Crippen molar-refractivity contribution in [3.8, 4) is 5.75 Å². The number of hydrogen-bond donors (Lipinski definition) is 0. The van der Waals surface area contributed by atoms with Crippen LogP contribution in [-0.4, -0.2) is 43.6 Å². The maximum absolute atomic E-state index is 12.1. The zero-order valence-electron chi connectivity index (χ0n) is 11.9. The molecule has 6 heteroatoms. The molecular formula is C15H18ClNO4. The van der Waals surface area contributed by atoms with Crippen molar-refractivity contribution in [3.63, 3.8) is 0 Å². The number of carbonyl (C=O) groups excluding carboxylic acids is 2. The highest BCUT2D eigenvalue weighted by atomic mass is 35.5. The number of benzene rings is 1. The number of nitrogens with zero attached hydrogens (tertiary/aromatic N) is 1. The molecule has 1 amide bonds. The van der Waals surface area contributed by atoms with Crippen molar-refractivity contribution in [3.05, 3.63) is 29.3 Å². The summed E-state index contributed by atoms with van der Waals surface area (Å²) in [6, 6.07) is 6.83. The van der Waals surface area contributed by atoms with Crippen LogP contribution in [0.1, 0.15) is 12.8 Å². The van der Waals surface area contributed by atoms with Crippen molar-refractivity contribution >= 4 is 23.5 Å². The van der Waals surface area contributed by atoms with Crippen LogP contribution in [0.15, 0.2) is 24.3 Å². The first-order valence-electron chi connectivity index (χ1n) is 6.84. The van der Waals surface area contributed by atoms with Crippen LogP contribution in [0.5, 0.6) is 5.75 Å². The van der Waals surface area contributed by atoms with Crippen molar-refractivity contribution in [1.82, 2.24) is 4.90 Å². The number of piperidine rings is 1. The number of methoxy groups -OCH3 is 1. The summed E-state index contributed by atoms with van der Waals surface area (Å²) in [5.74, 6) is -0.0258. The fourth-order valence-corrected chi connectivity index (χ4v) is 2.46. The summed E-state index contributed by atoms with van der Waals surface area (Å²) in [6.45, 7) is 1.00. The van der Waals surface area contributed by atoms with E-state index in [1.165, 1.54) is 7.11 Å². The fourth-order valence-electron chi connectivity index (χ4n) is 2.33. The van der Waals surface area contributed by atoms with Gasteiger partial charge in [0.25, 0.3) is 5.91 Å². The van der Waals surface area contributed by atoms with Crippen molar-refractivity contribution in [2.45, 2.75) is 12.8 Å². The van der Waals surface area contributed by atoms with E-state index in [2.05, 4.69) is 0 Å². The molecule has 0 aliphatic carbocycles. The van der Waals surface area contributed by atoms with E-state index >= 15 is 0 Å². The van der Waals surface area contributed by atoms with E-state index in [0.29, 0.717) is 23.9 Å². The molecule has 1 aromatic carbocycles. The minimum atomic E-state index is -0.258. The van der Waals surface area contributed by atoms with Gasteiger partial charge in [-0.2, -0.15) is 0 Å². The van der Waals surface area contributed by atoms with E-state index in [1.54, 1.807) is 29.2 Å². The molecule has 0 bridgehead atoms. The molecule has 1 aromatic rings. The first-order valence-corrected chi connectivity index (χ1v) is 7.22. The van der Waals surface area contributed by atoms with Crippen molar-refractivity contribution in [1.29, 1.82) is 0 Å². The second-order valence-corrected chi connectivity index (χ2v) is 5.38. The Labute approximate surface area is 128 Å². The Morgan fingerprint density at radius 1 is 1.33 bits per heavy atom. The van der Waals surface area contributed by atoms with E-state index in [-0.39, 0.29) is 24.4 Å². The zero-order valence-corrected chi connectivity index (χ0v) is 12.6. The predicted octanol–water partition coefficient (Wildman–Crippen LogP) is 2.13. The quantitative estimate of drug-likeness (QED) is 0.799. The molecule has 0 N–H and O–H groups in total. The average Bonchev–Trinajstić information content (AvgIpc) is 2.53. The molecule has 1 unspecified atom stereocenters. The topological polar surface area (TPSA) is 55.8 Å². The number of halogens is 1. The molecule has 2 rings (SSSR count). The van der Waals surface area contributed by atoms with Gasteiger partial charge in [-0.1, -0.05) is 11.6 Å². The minimum Gasteiger partial charge on any atom is -0.484 e. The van der Waals surface area contributed by atoms with E-state index in [0.717, 1.165) is 12.8 Å². The van der Waals surface area contributed by atoms with Crippen LogP contribution in [0.4, 0.5) is 0 Å². The van der Waals surface area contributed by atoms with Crippen LogP contribution in [0.25, 0.3) is 0 Å². The predicted molar refractivity (Wildman–Crippen MR) is 78.3 cm³/mol. The lowest BCUT2D eigenvalue weighted by Gasteiger charge is -2.31. The number of ether oxygens (including phenoxy) is 2. The van der Waals surface area contributed by atoms with Crippen LogP contribution in [0.3, 0.4) is 0 Å². The van der Waals surface area contributed by atoms with Crippen molar-refractivity contribution < 1.29 is 19.1 Å². The summed E-state index contributed by atoms with van der Waals surface area (Å²) in [7, 11) is 1.37. The molecule has 114 valence electrons. The van der Waals surface area contributed by atoms with E-state index in [4.69, 9.17) is 21.1 Å². The monoisotopic (exact) mass is 311 g/mol. The zero-order chi connectivity index (χ0) is 15.2. The standard InChI is InChI=1S/C15H18ClNO4/c1-20-15(19)11-3-2-8-17(9-11)14(18)10-21-13-6-4-12(16)5-7-13/h4-7,11H,2-3,8-10H2,1H3.